The Kier molecular flexibility index (Phi) is 3.19. The number of phenols is 3. The van der Waals surface area contributed by atoms with Crippen LogP contribution in [0.4, 0.5) is 0 Å². The molecule has 14 heavy (non-hydrogen) atoms. The normalized spacial score (nSPS) is 12.7. The lowest BCUT2D eigenvalue weighted by atomic mass is 10.1. The fourth-order valence-electron chi connectivity index (χ4n) is 1.35. The second kappa shape index (κ2) is 4.19. The Bertz CT molecular complexity index is 295. The van der Waals surface area contributed by atoms with Crippen LogP contribution in [-0.4, -0.2) is 22.4 Å². The summed E-state index contributed by atoms with van der Waals surface area (Å²) in [4.78, 5) is 0. The molecule has 4 heteroatoms. The molecular formula is C10H14O4. The maximum absolute atomic E-state index is 9.26. The molecule has 0 fully saturated rings. The molecular weight excluding hydrogens is 184 g/mol. The van der Waals surface area contributed by atoms with Crippen LogP contribution >= 0.6 is 0 Å². The van der Waals surface area contributed by atoms with Gasteiger partial charge in [-0.3, -0.25) is 0 Å². The Hall–Kier alpha value is -1.42. The van der Waals surface area contributed by atoms with E-state index in [0.717, 1.165) is 6.42 Å². The monoisotopic (exact) mass is 198 g/mol. The standard InChI is InChI=1S/C10H14O4/c1-3-9(14-2)6-4-7(11)10(13)8(12)5-6/h4-5,9,11-13H,3H2,1-2H3. The van der Waals surface area contributed by atoms with Crippen molar-refractivity contribution in [1.82, 2.24) is 0 Å². The van der Waals surface area contributed by atoms with Crippen molar-refractivity contribution in [3.8, 4) is 17.2 Å². The van der Waals surface area contributed by atoms with Gasteiger partial charge >= 0.3 is 0 Å². The van der Waals surface area contributed by atoms with Gasteiger partial charge in [-0.15, -0.1) is 0 Å². The minimum atomic E-state index is -0.500. The molecule has 0 aliphatic carbocycles. The molecule has 0 heterocycles. The van der Waals surface area contributed by atoms with Crippen molar-refractivity contribution in [2.75, 3.05) is 7.11 Å². The molecule has 3 N–H and O–H groups in total. The van der Waals surface area contributed by atoms with E-state index in [1.807, 2.05) is 6.92 Å². The Morgan fingerprint density at radius 1 is 1.21 bits per heavy atom. The summed E-state index contributed by atoms with van der Waals surface area (Å²) in [7, 11) is 1.55. The van der Waals surface area contributed by atoms with Gasteiger partial charge in [0.25, 0.3) is 0 Å². The average Bonchev–Trinajstić information content (AvgIpc) is 2.16. The highest BCUT2D eigenvalue weighted by molar-refractivity contribution is 5.51. The zero-order valence-electron chi connectivity index (χ0n) is 8.19. The van der Waals surface area contributed by atoms with Crippen LogP contribution in [0.1, 0.15) is 25.0 Å². The fourth-order valence-corrected chi connectivity index (χ4v) is 1.35. The van der Waals surface area contributed by atoms with E-state index in [0.29, 0.717) is 5.56 Å². The first kappa shape index (κ1) is 10.7. The van der Waals surface area contributed by atoms with Gasteiger partial charge in [-0.25, -0.2) is 0 Å². The number of hydrogen-bond acceptors (Lipinski definition) is 4. The molecule has 1 rings (SSSR count). The molecule has 0 radical (unpaired) electrons. The van der Waals surface area contributed by atoms with Gasteiger partial charge in [0.1, 0.15) is 0 Å². The van der Waals surface area contributed by atoms with E-state index >= 15 is 0 Å². The summed E-state index contributed by atoms with van der Waals surface area (Å²) in [5.41, 5.74) is 0.641. The summed E-state index contributed by atoms with van der Waals surface area (Å²) in [5, 5.41) is 27.6. The van der Waals surface area contributed by atoms with Crippen LogP contribution in [-0.2, 0) is 4.74 Å². The van der Waals surface area contributed by atoms with E-state index in [2.05, 4.69) is 0 Å². The van der Waals surface area contributed by atoms with Gasteiger partial charge in [-0.1, -0.05) is 6.92 Å². The molecule has 0 aliphatic heterocycles. The molecule has 0 saturated carbocycles. The largest absolute Gasteiger partial charge is 0.504 e. The second-order valence-corrected chi connectivity index (χ2v) is 3.04. The van der Waals surface area contributed by atoms with Crippen molar-refractivity contribution in [3.05, 3.63) is 17.7 Å². The van der Waals surface area contributed by atoms with Gasteiger partial charge in [0, 0.05) is 7.11 Å². The van der Waals surface area contributed by atoms with E-state index in [9.17, 15) is 10.2 Å². The fraction of sp³-hybridized carbons (Fsp3) is 0.400. The topological polar surface area (TPSA) is 69.9 Å². The average molecular weight is 198 g/mol. The Labute approximate surface area is 82.4 Å². The van der Waals surface area contributed by atoms with Gasteiger partial charge < -0.3 is 20.1 Å². The van der Waals surface area contributed by atoms with E-state index in [-0.39, 0.29) is 17.6 Å². The van der Waals surface area contributed by atoms with Gasteiger partial charge in [-0.05, 0) is 24.1 Å². The van der Waals surface area contributed by atoms with Gasteiger partial charge in [0.2, 0.25) is 0 Å². The highest BCUT2D eigenvalue weighted by Gasteiger charge is 2.13. The summed E-state index contributed by atoms with van der Waals surface area (Å²) >= 11 is 0. The molecule has 0 amide bonds. The number of methoxy groups -OCH3 is 1. The molecule has 4 nitrogen and oxygen atoms in total. The Morgan fingerprint density at radius 3 is 2.07 bits per heavy atom. The lowest BCUT2D eigenvalue weighted by Crippen LogP contribution is -1.99. The SMILES string of the molecule is CCC(OC)c1cc(O)c(O)c(O)c1. The number of rotatable bonds is 3. The summed E-state index contributed by atoms with van der Waals surface area (Å²) in [5.74, 6) is -1.18. The van der Waals surface area contributed by atoms with Crippen LogP contribution in [0.2, 0.25) is 0 Å². The number of aromatic hydroxyl groups is 3. The molecule has 0 saturated heterocycles. The van der Waals surface area contributed by atoms with Crippen LogP contribution in [0, 0.1) is 0 Å². The smallest absolute Gasteiger partial charge is 0.200 e. The molecule has 1 unspecified atom stereocenters. The third kappa shape index (κ3) is 1.90. The van der Waals surface area contributed by atoms with Gasteiger partial charge in [0.05, 0.1) is 6.10 Å². The van der Waals surface area contributed by atoms with Crippen molar-refractivity contribution in [3.63, 3.8) is 0 Å². The zero-order valence-corrected chi connectivity index (χ0v) is 8.19. The number of hydrogen-bond donors (Lipinski definition) is 3. The molecule has 1 aromatic rings. The first-order valence-electron chi connectivity index (χ1n) is 4.37. The maximum Gasteiger partial charge on any atom is 0.200 e. The van der Waals surface area contributed by atoms with E-state index in [1.54, 1.807) is 7.11 Å². The summed E-state index contributed by atoms with van der Waals surface area (Å²) in [6.07, 6.45) is 0.535. The van der Waals surface area contributed by atoms with E-state index in [4.69, 9.17) is 9.84 Å². The lowest BCUT2D eigenvalue weighted by Gasteiger charge is -2.14. The van der Waals surface area contributed by atoms with E-state index in [1.165, 1.54) is 12.1 Å². The molecule has 1 atom stereocenters. The van der Waals surface area contributed by atoms with Crippen molar-refractivity contribution in [2.24, 2.45) is 0 Å². The van der Waals surface area contributed by atoms with Crippen LogP contribution in [0.3, 0.4) is 0 Å². The number of phenolic OH excluding ortho intramolecular Hbond substituents is 3. The highest BCUT2D eigenvalue weighted by atomic mass is 16.5. The second-order valence-electron chi connectivity index (χ2n) is 3.04. The predicted molar refractivity (Wildman–Crippen MR) is 51.5 cm³/mol. The first-order chi connectivity index (χ1) is 6.60. The van der Waals surface area contributed by atoms with Crippen molar-refractivity contribution < 1.29 is 20.1 Å². The van der Waals surface area contributed by atoms with Crippen molar-refractivity contribution in [2.45, 2.75) is 19.4 Å². The van der Waals surface area contributed by atoms with Crippen LogP contribution in [0.25, 0.3) is 0 Å². The summed E-state index contributed by atoms with van der Waals surface area (Å²) in [6.45, 7) is 1.93. The van der Waals surface area contributed by atoms with Crippen molar-refractivity contribution in [1.29, 1.82) is 0 Å². The molecule has 0 bridgehead atoms. The first-order valence-corrected chi connectivity index (χ1v) is 4.37. The van der Waals surface area contributed by atoms with Crippen LogP contribution in [0.15, 0.2) is 12.1 Å². The zero-order chi connectivity index (χ0) is 10.7. The highest BCUT2D eigenvalue weighted by Crippen LogP contribution is 2.38. The quantitative estimate of drug-likeness (QED) is 0.649. The number of benzene rings is 1. The number of ether oxygens (including phenoxy) is 1. The molecule has 0 aliphatic rings. The van der Waals surface area contributed by atoms with Gasteiger partial charge in [0.15, 0.2) is 17.2 Å². The molecule has 78 valence electrons. The summed E-state index contributed by atoms with van der Waals surface area (Å²) in [6, 6.07) is 2.76. The Balaban J connectivity index is 3.11. The van der Waals surface area contributed by atoms with Crippen LogP contribution < -0.4 is 0 Å². The molecule has 0 spiro atoms. The van der Waals surface area contributed by atoms with E-state index < -0.39 is 5.75 Å². The molecule has 1 aromatic carbocycles. The molecule has 0 aromatic heterocycles. The third-order valence-corrected chi connectivity index (χ3v) is 2.12. The lowest BCUT2D eigenvalue weighted by molar-refractivity contribution is 0.0995. The third-order valence-electron chi connectivity index (χ3n) is 2.12. The summed E-state index contributed by atoms with van der Waals surface area (Å²) < 4.78 is 5.13. The predicted octanol–water partition coefficient (Wildman–Crippen LogP) is 1.90. The van der Waals surface area contributed by atoms with Gasteiger partial charge in [-0.2, -0.15) is 0 Å². The maximum atomic E-state index is 9.26. The minimum absolute atomic E-state index is 0.188. The van der Waals surface area contributed by atoms with Crippen molar-refractivity contribution >= 4 is 0 Å². The minimum Gasteiger partial charge on any atom is -0.504 e. The Morgan fingerprint density at radius 2 is 1.71 bits per heavy atom. The van der Waals surface area contributed by atoms with Crippen LogP contribution in [0.5, 0.6) is 17.2 Å².